The van der Waals surface area contributed by atoms with Gasteiger partial charge >= 0.3 is 0 Å². The van der Waals surface area contributed by atoms with E-state index in [0.29, 0.717) is 17.3 Å². The summed E-state index contributed by atoms with van der Waals surface area (Å²) in [4.78, 5) is 7.54. The predicted octanol–water partition coefficient (Wildman–Crippen LogP) is 3.36. The highest BCUT2D eigenvalue weighted by atomic mass is 35.5. The van der Waals surface area contributed by atoms with Gasteiger partial charge in [0.25, 0.3) is 0 Å². The Morgan fingerprint density at radius 3 is 2.76 bits per heavy atom. The summed E-state index contributed by atoms with van der Waals surface area (Å²) in [6, 6.07) is 11.2. The number of likely N-dealkylation sites (N-methyl/N-ethyl adjacent to an activating group) is 1. The first-order valence-electron chi connectivity index (χ1n) is 7.67. The van der Waals surface area contributed by atoms with Crippen LogP contribution in [0.5, 0.6) is 0 Å². The van der Waals surface area contributed by atoms with E-state index in [2.05, 4.69) is 9.97 Å². The molecule has 1 aromatic heterocycles. The number of aromatic amines is 1. The van der Waals surface area contributed by atoms with Gasteiger partial charge in [0.05, 0.1) is 16.8 Å². The first-order valence-corrected chi connectivity index (χ1v) is 9.65. The summed E-state index contributed by atoms with van der Waals surface area (Å²) in [5, 5.41) is 0.604. The second-order valence-corrected chi connectivity index (χ2v) is 8.28. The molecule has 0 spiro atoms. The number of hydrogen-bond acceptors (Lipinski definition) is 3. The highest BCUT2D eigenvalue weighted by Gasteiger charge is 2.20. The third kappa shape index (κ3) is 4.18. The molecule has 2 aromatic carbocycles. The molecule has 132 valence electrons. The molecule has 3 rings (SSSR count). The average Bonchev–Trinajstić information content (AvgIpc) is 2.96. The summed E-state index contributed by atoms with van der Waals surface area (Å²) < 4.78 is 39.7. The maximum Gasteiger partial charge on any atom is 0.218 e. The van der Waals surface area contributed by atoms with E-state index in [1.165, 1.54) is 29.6 Å². The Kier molecular flexibility index (Phi) is 5.08. The van der Waals surface area contributed by atoms with Crippen LogP contribution in [0, 0.1) is 5.82 Å². The van der Waals surface area contributed by atoms with Crippen molar-refractivity contribution in [2.45, 2.75) is 12.2 Å². The van der Waals surface area contributed by atoms with E-state index < -0.39 is 15.8 Å². The third-order valence-corrected chi connectivity index (χ3v) is 5.97. The van der Waals surface area contributed by atoms with Crippen molar-refractivity contribution in [3.8, 4) is 0 Å². The van der Waals surface area contributed by atoms with Gasteiger partial charge in [-0.25, -0.2) is 22.1 Å². The van der Waals surface area contributed by atoms with Gasteiger partial charge < -0.3 is 4.98 Å². The van der Waals surface area contributed by atoms with Gasteiger partial charge in [-0.3, -0.25) is 0 Å². The number of halogens is 2. The number of nitrogens with zero attached hydrogens (tertiary/aromatic N) is 2. The van der Waals surface area contributed by atoms with Crippen molar-refractivity contribution in [2.24, 2.45) is 0 Å². The number of benzene rings is 2. The number of hydrogen-bond donors (Lipinski definition) is 1. The fraction of sp³-hybridized carbons (Fsp3) is 0.235. The van der Waals surface area contributed by atoms with Gasteiger partial charge in [-0.15, -0.1) is 0 Å². The maximum atomic E-state index is 13.7. The minimum atomic E-state index is -3.61. The summed E-state index contributed by atoms with van der Waals surface area (Å²) in [6.07, 6.45) is 0.416. The summed E-state index contributed by atoms with van der Waals surface area (Å²) in [5.41, 5.74) is 1.74. The SMILES string of the molecule is CN(CCc1nc2ccc(Cl)cc2[nH]1)S(=O)(=O)Cc1ccccc1F. The molecule has 3 aromatic rings. The highest BCUT2D eigenvalue weighted by Crippen LogP contribution is 2.18. The number of H-pyrrole nitrogens is 1. The summed E-state index contributed by atoms with van der Waals surface area (Å²) in [6.45, 7) is 0.240. The monoisotopic (exact) mass is 381 g/mol. The highest BCUT2D eigenvalue weighted by molar-refractivity contribution is 7.88. The second-order valence-electron chi connectivity index (χ2n) is 5.76. The van der Waals surface area contributed by atoms with Gasteiger partial charge in [0, 0.05) is 30.6 Å². The number of nitrogens with one attached hydrogen (secondary N) is 1. The van der Waals surface area contributed by atoms with E-state index in [1.54, 1.807) is 24.3 Å². The maximum absolute atomic E-state index is 13.7. The van der Waals surface area contributed by atoms with Gasteiger partial charge in [0.15, 0.2) is 0 Å². The molecule has 0 saturated carbocycles. The molecule has 0 aliphatic rings. The van der Waals surface area contributed by atoms with E-state index in [9.17, 15) is 12.8 Å². The minimum Gasteiger partial charge on any atom is -0.342 e. The van der Waals surface area contributed by atoms with Gasteiger partial charge in [0.1, 0.15) is 11.6 Å². The quantitative estimate of drug-likeness (QED) is 0.712. The molecule has 0 aliphatic carbocycles. The largest absolute Gasteiger partial charge is 0.342 e. The Labute approximate surface area is 150 Å². The lowest BCUT2D eigenvalue weighted by atomic mass is 10.2. The smallest absolute Gasteiger partial charge is 0.218 e. The van der Waals surface area contributed by atoms with Gasteiger partial charge in [-0.05, 0) is 24.3 Å². The van der Waals surface area contributed by atoms with Crippen molar-refractivity contribution in [1.29, 1.82) is 0 Å². The van der Waals surface area contributed by atoms with Crippen LogP contribution in [0.4, 0.5) is 4.39 Å². The number of sulfonamides is 1. The van der Waals surface area contributed by atoms with Crippen LogP contribution < -0.4 is 0 Å². The first kappa shape index (κ1) is 17.8. The van der Waals surface area contributed by atoms with Crippen molar-refractivity contribution in [3.05, 3.63) is 64.7 Å². The molecule has 5 nitrogen and oxygen atoms in total. The van der Waals surface area contributed by atoms with Crippen LogP contribution in [-0.4, -0.2) is 36.3 Å². The van der Waals surface area contributed by atoms with E-state index in [-0.39, 0.29) is 17.9 Å². The van der Waals surface area contributed by atoms with Crippen molar-refractivity contribution < 1.29 is 12.8 Å². The lowest BCUT2D eigenvalue weighted by molar-refractivity contribution is 0.467. The Bertz CT molecular complexity index is 1000. The topological polar surface area (TPSA) is 66.1 Å². The molecule has 1 heterocycles. The Balaban J connectivity index is 1.68. The van der Waals surface area contributed by atoms with Crippen LogP contribution in [0.2, 0.25) is 5.02 Å². The van der Waals surface area contributed by atoms with Crippen molar-refractivity contribution in [2.75, 3.05) is 13.6 Å². The molecule has 0 radical (unpaired) electrons. The van der Waals surface area contributed by atoms with Crippen LogP contribution in [0.25, 0.3) is 11.0 Å². The molecule has 0 fully saturated rings. The molecule has 0 unspecified atom stereocenters. The zero-order valence-corrected chi connectivity index (χ0v) is 15.1. The van der Waals surface area contributed by atoms with E-state index in [0.717, 1.165) is 11.0 Å². The molecule has 0 atom stereocenters. The zero-order valence-electron chi connectivity index (χ0n) is 13.5. The molecule has 1 N–H and O–H groups in total. The fourth-order valence-corrected chi connectivity index (χ4v) is 3.87. The van der Waals surface area contributed by atoms with Crippen molar-refractivity contribution in [3.63, 3.8) is 0 Å². The summed E-state index contributed by atoms with van der Waals surface area (Å²) in [5.74, 6) is -0.217. The minimum absolute atomic E-state index is 0.160. The van der Waals surface area contributed by atoms with E-state index in [1.807, 2.05) is 0 Å². The summed E-state index contributed by atoms with van der Waals surface area (Å²) in [7, 11) is -2.13. The van der Waals surface area contributed by atoms with Crippen molar-refractivity contribution >= 4 is 32.7 Å². The van der Waals surface area contributed by atoms with Crippen LogP contribution in [0.3, 0.4) is 0 Å². The first-order chi connectivity index (χ1) is 11.8. The molecule has 0 aliphatic heterocycles. The molecule has 25 heavy (non-hydrogen) atoms. The van der Waals surface area contributed by atoms with Crippen molar-refractivity contribution in [1.82, 2.24) is 14.3 Å². The van der Waals surface area contributed by atoms with Gasteiger partial charge in [-0.1, -0.05) is 29.8 Å². The Morgan fingerprint density at radius 2 is 2.00 bits per heavy atom. The average molecular weight is 382 g/mol. The van der Waals surface area contributed by atoms with E-state index >= 15 is 0 Å². The third-order valence-electron chi connectivity index (χ3n) is 3.93. The van der Waals surface area contributed by atoms with Gasteiger partial charge in [0.2, 0.25) is 10.0 Å². The zero-order chi connectivity index (χ0) is 18.0. The molecule has 0 bridgehead atoms. The molecule has 0 saturated heterocycles. The number of aromatic nitrogens is 2. The van der Waals surface area contributed by atoms with Crippen LogP contribution in [0.15, 0.2) is 42.5 Å². The Morgan fingerprint density at radius 1 is 1.24 bits per heavy atom. The van der Waals surface area contributed by atoms with Crippen LogP contribution >= 0.6 is 11.6 Å². The second kappa shape index (κ2) is 7.11. The number of imidazole rings is 1. The van der Waals surface area contributed by atoms with Crippen LogP contribution in [-0.2, 0) is 22.2 Å². The fourth-order valence-electron chi connectivity index (χ4n) is 2.48. The molecule has 0 amide bonds. The number of rotatable bonds is 6. The Hall–Kier alpha value is -1.96. The molecular formula is C17H17ClFN3O2S. The lowest BCUT2D eigenvalue weighted by Gasteiger charge is -2.16. The van der Waals surface area contributed by atoms with Crippen LogP contribution in [0.1, 0.15) is 11.4 Å². The standard InChI is InChI=1S/C17H17ClFN3O2S/c1-22(25(23,24)11-12-4-2-3-5-14(12)19)9-8-17-20-15-7-6-13(18)10-16(15)21-17/h2-7,10H,8-9,11H2,1H3,(H,20,21). The van der Waals surface area contributed by atoms with Gasteiger partial charge in [-0.2, -0.15) is 0 Å². The molecular weight excluding hydrogens is 365 g/mol. The summed E-state index contributed by atoms with van der Waals surface area (Å²) >= 11 is 5.94. The lowest BCUT2D eigenvalue weighted by Crippen LogP contribution is -2.30. The van der Waals surface area contributed by atoms with E-state index in [4.69, 9.17) is 11.6 Å². The normalized spacial score (nSPS) is 12.2. The predicted molar refractivity (Wildman–Crippen MR) is 96.5 cm³/mol. The molecule has 8 heteroatoms. The number of fused-ring (bicyclic) bond motifs is 1.